The van der Waals surface area contributed by atoms with Crippen LogP contribution in [-0.4, -0.2) is 49.6 Å². The van der Waals surface area contributed by atoms with Crippen molar-refractivity contribution in [1.82, 2.24) is 24.6 Å². The first-order valence-electron chi connectivity index (χ1n) is 13.2. The molecule has 2 amide bonds. The maximum Gasteiger partial charge on any atom is 0.273 e. The quantitative estimate of drug-likeness (QED) is 0.302. The molecule has 4 aromatic rings. The summed E-state index contributed by atoms with van der Waals surface area (Å²) in [6.07, 6.45) is 6.87. The van der Waals surface area contributed by atoms with Crippen molar-refractivity contribution < 1.29 is 18.4 Å². The van der Waals surface area contributed by atoms with E-state index in [9.17, 15) is 23.6 Å². The zero-order chi connectivity index (χ0) is 29.1. The molecule has 0 unspecified atom stereocenters. The minimum atomic E-state index is -3.02. The molecular weight excluding hydrogens is 528 g/mol. The Kier molecular flexibility index (Phi) is 7.57. The summed E-state index contributed by atoms with van der Waals surface area (Å²) in [7, 11) is 0. The van der Waals surface area contributed by atoms with Gasteiger partial charge in [0.1, 0.15) is 17.6 Å². The molecule has 3 aromatic heterocycles. The molecule has 1 fully saturated rings. The number of hydrogen-bond donors (Lipinski definition) is 1. The lowest BCUT2D eigenvalue weighted by Gasteiger charge is -2.32. The molecule has 1 aliphatic rings. The Hall–Kier alpha value is -4.98. The monoisotopic (exact) mass is 555 g/mol. The van der Waals surface area contributed by atoms with Crippen LogP contribution >= 0.6 is 0 Å². The summed E-state index contributed by atoms with van der Waals surface area (Å²) in [5.41, 5.74) is 2.36. The summed E-state index contributed by atoms with van der Waals surface area (Å²) in [5.74, 6) is -3.64. The average Bonchev–Trinajstić information content (AvgIpc) is 3.41. The van der Waals surface area contributed by atoms with Crippen LogP contribution in [-0.2, 0) is 10.7 Å². The zero-order valence-corrected chi connectivity index (χ0v) is 22.3. The van der Waals surface area contributed by atoms with Crippen LogP contribution in [0.2, 0.25) is 0 Å². The average molecular weight is 556 g/mol. The van der Waals surface area contributed by atoms with Crippen LogP contribution in [0, 0.1) is 11.3 Å². The predicted molar refractivity (Wildman–Crippen MR) is 149 cm³/mol. The number of pyridine rings is 2. The molecule has 0 spiro atoms. The fraction of sp³-hybridized carbons (Fsp3) is 0.267. The van der Waals surface area contributed by atoms with Crippen LogP contribution in [0.1, 0.15) is 53.7 Å². The van der Waals surface area contributed by atoms with Gasteiger partial charge in [0.2, 0.25) is 5.91 Å². The number of piperidine rings is 1. The van der Waals surface area contributed by atoms with Crippen LogP contribution in [0.15, 0.2) is 67.6 Å². The van der Waals surface area contributed by atoms with Crippen LogP contribution in [0.4, 0.5) is 14.6 Å². The van der Waals surface area contributed by atoms with E-state index < -0.39 is 11.8 Å². The summed E-state index contributed by atoms with van der Waals surface area (Å²) in [6, 6.07) is 11.1. The molecule has 5 rings (SSSR count). The van der Waals surface area contributed by atoms with Gasteiger partial charge in [-0.05, 0) is 43.2 Å². The topological polar surface area (TPSA) is 117 Å². The van der Waals surface area contributed by atoms with Gasteiger partial charge in [0.25, 0.3) is 11.8 Å². The molecule has 11 heteroatoms. The number of amides is 2. The van der Waals surface area contributed by atoms with E-state index >= 15 is 0 Å². The summed E-state index contributed by atoms with van der Waals surface area (Å²) < 4.78 is 30.0. The summed E-state index contributed by atoms with van der Waals surface area (Å²) >= 11 is 0. The maximum atomic E-state index is 14.1. The molecule has 1 aliphatic heterocycles. The fourth-order valence-electron chi connectivity index (χ4n) is 5.03. The lowest BCUT2D eigenvalue weighted by Crippen LogP contribution is -2.40. The Morgan fingerprint density at radius 3 is 2.73 bits per heavy atom. The summed E-state index contributed by atoms with van der Waals surface area (Å²) in [4.78, 5) is 35.1. The number of carbonyl (C=O) groups is 2. The van der Waals surface area contributed by atoms with Crippen molar-refractivity contribution in [2.45, 2.75) is 38.2 Å². The third-order valence-electron chi connectivity index (χ3n) is 7.25. The van der Waals surface area contributed by atoms with Gasteiger partial charge >= 0.3 is 0 Å². The highest BCUT2D eigenvalue weighted by Crippen LogP contribution is 2.34. The smallest absolute Gasteiger partial charge is 0.273 e. The number of likely N-dealkylation sites (tertiary alicyclic amines) is 1. The van der Waals surface area contributed by atoms with Gasteiger partial charge in [0, 0.05) is 60.2 Å². The Labute approximate surface area is 235 Å². The highest BCUT2D eigenvalue weighted by Gasteiger charge is 2.30. The predicted octanol–water partition coefficient (Wildman–Crippen LogP) is 5.47. The van der Waals surface area contributed by atoms with Gasteiger partial charge < -0.3 is 10.2 Å². The Morgan fingerprint density at radius 2 is 2.02 bits per heavy atom. The van der Waals surface area contributed by atoms with E-state index in [1.807, 2.05) is 0 Å². The number of carbonyl (C=O) groups excluding carboxylic acids is 2. The van der Waals surface area contributed by atoms with E-state index in [2.05, 4.69) is 27.9 Å². The third kappa shape index (κ3) is 5.41. The minimum Gasteiger partial charge on any atom is -0.337 e. The van der Waals surface area contributed by atoms with Crippen LogP contribution in [0.25, 0.3) is 22.2 Å². The van der Waals surface area contributed by atoms with E-state index in [-0.39, 0.29) is 29.8 Å². The molecule has 1 saturated heterocycles. The van der Waals surface area contributed by atoms with E-state index in [0.29, 0.717) is 46.4 Å². The molecule has 0 radical (unpaired) electrons. The first-order valence-corrected chi connectivity index (χ1v) is 13.2. The van der Waals surface area contributed by atoms with E-state index in [4.69, 9.17) is 5.10 Å². The van der Waals surface area contributed by atoms with Crippen molar-refractivity contribution >= 4 is 28.5 Å². The second-order valence-electron chi connectivity index (χ2n) is 9.79. The van der Waals surface area contributed by atoms with Crippen molar-refractivity contribution in [3.8, 4) is 17.3 Å². The molecule has 1 aromatic carbocycles. The molecule has 4 heterocycles. The Bertz CT molecular complexity index is 1670. The van der Waals surface area contributed by atoms with Gasteiger partial charge in [0.05, 0.1) is 17.1 Å². The molecule has 0 saturated carbocycles. The van der Waals surface area contributed by atoms with Crippen molar-refractivity contribution in [3.05, 3.63) is 84.3 Å². The highest BCUT2D eigenvalue weighted by atomic mass is 19.3. The van der Waals surface area contributed by atoms with Gasteiger partial charge in [-0.25, -0.2) is 13.8 Å². The number of nitrogens with one attached hydrogen (secondary N) is 1. The zero-order valence-electron chi connectivity index (χ0n) is 22.3. The van der Waals surface area contributed by atoms with Crippen LogP contribution in [0.3, 0.4) is 0 Å². The van der Waals surface area contributed by atoms with Crippen molar-refractivity contribution in [1.29, 1.82) is 5.26 Å². The molecule has 0 aliphatic carbocycles. The standard InChI is InChI=1S/C30H27F2N7O2/c1-3-26(40)38-13-5-6-23(18-38)39-28-21(15-33)16-34-17-24(28)27(37-39)19-7-9-20(10-8-19)29(41)36-25-14-22(11-12-35-25)30(31,32)4-2/h3,7-12,14,16-17,23H,1,4-6,13,18H2,2H3,(H,35,36,41)/t23-/m1/s1. The van der Waals surface area contributed by atoms with Crippen molar-refractivity contribution in [2.75, 3.05) is 18.4 Å². The normalized spacial score (nSPS) is 15.4. The number of hydrogen-bond acceptors (Lipinski definition) is 6. The number of alkyl halides is 2. The second-order valence-corrected chi connectivity index (χ2v) is 9.79. The van der Waals surface area contributed by atoms with E-state index in [1.165, 1.54) is 37.5 Å². The first-order chi connectivity index (χ1) is 19.7. The van der Waals surface area contributed by atoms with Crippen LogP contribution in [0.5, 0.6) is 0 Å². The second kappa shape index (κ2) is 11.3. The lowest BCUT2D eigenvalue weighted by atomic mass is 10.0. The molecular formula is C30H27F2N7O2. The SMILES string of the molecule is C=CC(=O)N1CCC[C@@H](n2nc(-c3ccc(C(=O)Nc4cc(C(F)(F)CC)ccn4)cc3)c3cncc(C#N)c32)C1. The number of anilines is 1. The van der Waals surface area contributed by atoms with Crippen LogP contribution < -0.4 is 5.32 Å². The number of nitriles is 1. The van der Waals surface area contributed by atoms with Gasteiger partial charge in [-0.2, -0.15) is 10.4 Å². The summed E-state index contributed by atoms with van der Waals surface area (Å²) in [5, 5.41) is 17.9. The number of fused-ring (bicyclic) bond motifs is 1. The lowest BCUT2D eigenvalue weighted by molar-refractivity contribution is -0.127. The van der Waals surface area contributed by atoms with Gasteiger partial charge in [-0.15, -0.1) is 0 Å². The van der Waals surface area contributed by atoms with E-state index in [0.717, 1.165) is 12.8 Å². The number of rotatable bonds is 7. The minimum absolute atomic E-state index is 0.0287. The highest BCUT2D eigenvalue weighted by molar-refractivity contribution is 6.04. The Balaban J connectivity index is 1.44. The number of benzene rings is 1. The van der Waals surface area contributed by atoms with Crippen molar-refractivity contribution in [2.24, 2.45) is 0 Å². The van der Waals surface area contributed by atoms with Gasteiger partial charge in [0.15, 0.2) is 0 Å². The van der Waals surface area contributed by atoms with E-state index in [1.54, 1.807) is 40.0 Å². The molecule has 1 atom stereocenters. The fourth-order valence-corrected chi connectivity index (χ4v) is 5.03. The number of halogens is 2. The molecule has 1 N–H and O–H groups in total. The third-order valence-corrected chi connectivity index (χ3v) is 7.25. The molecule has 9 nitrogen and oxygen atoms in total. The molecule has 208 valence electrons. The van der Waals surface area contributed by atoms with Gasteiger partial charge in [-0.3, -0.25) is 19.3 Å². The van der Waals surface area contributed by atoms with Gasteiger partial charge in [-0.1, -0.05) is 25.6 Å². The molecule has 0 bridgehead atoms. The number of nitrogens with zero attached hydrogens (tertiary/aromatic N) is 6. The maximum absolute atomic E-state index is 14.1. The van der Waals surface area contributed by atoms with Crippen molar-refractivity contribution in [3.63, 3.8) is 0 Å². The molecule has 41 heavy (non-hydrogen) atoms. The summed E-state index contributed by atoms with van der Waals surface area (Å²) in [6.45, 7) is 6.04. The Morgan fingerprint density at radius 1 is 1.24 bits per heavy atom. The first kappa shape index (κ1) is 27.6. The largest absolute Gasteiger partial charge is 0.337 e. The number of aromatic nitrogens is 4.